The Morgan fingerprint density at radius 2 is 1.52 bits per heavy atom. The number of ether oxygens (including phenoxy) is 1. The van der Waals surface area contributed by atoms with E-state index in [-0.39, 0.29) is 25.4 Å². The summed E-state index contributed by atoms with van der Waals surface area (Å²) in [6.45, 7) is 0.876. The lowest BCUT2D eigenvalue weighted by atomic mass is 9.76. The topological polar surface area (TPSA) is 131 Å². The quantitative estimate of drug-likeness (QED) is 0.349. The number of halogens is 3. The predicted molar refractivity (Wildman–Crippen MR) is 172 cm³/mol. The fraction of sp³-hybridized carbons (Fsp3) is 0.559. The highest BCUT2D eigenvalue weighted by Gasteiger charge is 2.44. The minimum Gasteiger partial charge on any atom is -0.444 e. The zero-order valence-corrected chi connectivity index (χ0v) is 27.0. The van der Waals surface area contributed by atoms with Crippen molar-refractivity contribution in [2.24, 2.45) is 0 Å². The molecule has 2 fully saturated rings. The van der Waals surface area contributed by atoms with Gasteiger partial charge in [0.25, 0.3) is 0 Å². The highest BCUT2D eigenvalue weighted by Crippen LogP contribution is 2.30. The van der Waals surface area contributed by atoms with E-state index in [1.165, 1.54) is 17.0 Å². The number of nitrogens with zero attached hydrogens (tertiary/aromatic N) is 2. The van der Waals surface area contributed by atoms with E-state index in [0.29, 0.717) is 37.9 Å². The monoisotopic (exact) mass is 672 g/mol. The van der Waals surface area contributed by atoms with Crippen LogP contribution in [0.4, 0.5) is 18.0 Å². The second-order valence-corrected chi connectivity index (χ2v) is 13.1. The van der Waals surface area contributed by atoms with Gasteiger partial charge in [-0.1, -0.05) is 81.3 Å². The van der Waals surface area contributed by atoms with E-state index in [1.807, 2.05) is 24.3 Å². The molecule has 0 radical (unpaired) electrons. The third-order valence-corrected chi connectivity index (χ3v) is 9.54. The first-order chi connectivity index (χ1) is 23.0. The molecular weight excluding hydrogens is 628 g/mol. The highest BCUT2D eigenvalue weighted by atomic mass is 19.4. The summed E-state index contributed by atoms with van der Waals surface area (Å²) in [7, 11) is -1.79. The molecule has 48 heavy (non-hydrogen) atoms. The minimum absolute atomic E-state index is 0.0317. The lowest BCUT2D eigenvalue weighted by Crippen LogP contribution is -2.56. The van der Waals surface area contributed by atoms with E-state index in [4.69, 9.17) is 4.74 Å². The molecule has 2 aromatic rings. The second-order valence-electron chi connectivity index (χ2n) is 13.1. The molecule has 3 amide bonds. The Bertz CT molecular complexity index is 1390. The highest BCUT2D eigenvalue weighted by molar-refractivity contribution is 6.43. The molecule has 0 aliphatic carbocycles. The fourth-order valence-corrected chi connectivity index (χ4v) is 6.79. The number of carbonyl (C=O) groups is 3. The maximum Gasteiger partial charge on any atom is 0.475 e. The van der Waals surface area contributed by atoms with Crippen molar-refractivity contribution in [2.45, 2.75) is 114 Å². The van der Waals surface area contributed by atoms with Crippen LogP contribution in [0.15, 0.2) is 48.5 Å². The van der Waals surface area contributed by atoms with Crippen LogP contribution in [0.25, 0.3) is 0 Å². The van der Waals surface area contributed by atoms with Crippen molar-refractivity contribution in [2.75, 3.05) is 6.54 Å². The number of nitrogens with one attached hydrogen (secondary N) is 2. The summed E-state index contributed by atoms with van der Waals surface area (Å²) in [4.78, 5) is 44.1. The molecule has 2 aromatic carbocycles. The van der Waals surface area contributed by atoms with Crippen LogP contribution in [-0.2, 0) is 40.1 Å². The molecule has 14 heteroatoms. The van der Waals surface area contributed by atoms with Crippen molar-refractivity contribution in [1.29, 1.82) is 0 Å². The summed E-state index contributed by atoms with van der Waals surface area (Å²) < 4.78 is 45.1. The summed E-state index contributed by atoms with van der Waals surface area (Å²) in [6.07, 6.45) is 1.14. The van der Waals surface area contributed by atoms with Crippen LogP contribution in [0.1, 0.15) is 86.5 Å². The first kappa shape index (κ1) is 35.7. The lowest BCUT2D eigenvalue weighted by molar-refractivity contribution is -0.140. The Kier molecular flexibility index (Phi) is 12.0. The summed E-state index contributed by atoms with van der Waals surface area (Å²) in [5.74, 6) is -1.88. The first-order valence-electron chi connectivity index (χ1n) is 16.9. The number of carbonyl (C=O) groups excluding carboxylic acids is 3. The smallest absolute Gasteiger partial charge is 0.444 e. The summed E-state index contributed by atoms with van der Waals surface area (Å²) in [5, 5.41) is 26.0. The zero-order chi connectivity index (χ0) is 34.3. The molecule has 1 unspecified atom stereocenters. The van der Waals surface area contributed by atoms with Crippen molar-refractivity contribution < 1.29 is 42.3 Å². The molecule has 3 aliphatic heterocycles. The Balaban J connectivity index is 1.33. The normalized spacial score (nSPS) is 24.5. The zero-order valence-electron chi connectivity index (χ0n) is 27.0. The van der Waals surface area contributed by atoms with Gasteiger partial charge in [0.05, 0.1) is 24.1 Å². The van der Waals surface area contributed by atoms with Gasteiger partial charge in [0.1, 0.15) is 12.1 Å². The number of amides is 3. The van der Waals surface area contributed by atoms with Crippen LogP contribution in [0.3, 0.4) is 0 Å². The van der Waals surface area contributed by atoms with Gasteiger partial charge in [-0.15, -0.1) is 0 Å². The Hall–Kier alpha value is -3.62. The number of fused-ring (bicyclic) bond motifs is 2. The van der Waals surface area contributed by atoms with Gasteiger partial charge in [-0.3, -0.25) is 14.5 Å². The summed E-state index contributed by atoms with van der Waals surface area (Å²) in [5.41, 5.74) is 1.85. The van der Waals surface area contributed by atoms with Crippen LogP contribution in [-0.4, -0.2) is 75.5 Å². The van der Waals surface area contributed by atoms with E-state index in [2.05, 4.69) is 10.6 Å². The van der Waals surface area contributed by atoms with Gasteiger partial charge in [-0.05, 0) is 41.7 Å². The second kappa shape index (κ2) is 16.2. The van der Waals surface area contributed by atoms with Gasteiger partial charge in [-0.25, -0.2) is 4.79 Å². The van der Waals surface area contributed by atoms with Gasteiger partial charge < -0.3 is 30.3 Å². The van der Waals surface area contributed by atoms with Crippen molar-refractivity contribution in [1.82, 2.24) is 20.4 Å². The number of alkyl halides is 3. The maximum atomic E-state index is 14.2. The molecule has 5 rings (SSSR count). The van der Waals surface area contributed by atoms with Gasteiger partial charge in [0.15, 0.2) is 0 Å². The molecule has 0 saturated carbocycles. The average Bonchev–Trinajstić information content (AvgIpc) is 3.68. The molecule has 0 aromatic heterocycles. The van der Waals surface area contributed by atoms with Crippen molar-refractivity contribution in [3.8, 4) is 0 Å². The number of benzene rings is 2. The minimum atomic E-state index is -4.46. The standard InChI is InChI=1S/C34H44BF3N4O6/c36-34(37,38)26-16-14-23(15-17-26)19-39-28-12-6-4-2-1-3-5-7-13-30(35(46)47)40-31(43)29-18-27(22-42(29)32(28)44)48-33(45)41-20-24-10-8-9-11-25(24)21-41/h8-11,14-17,27-30,39,46-47H,1-7,12-13,18-22H2,(H,40,43)/t27-,28?,29+,30-/m1/s1. The van der Waals surface area contributed by atoms with Crippen molar-refractivity contribution in [3.05, 3.63) is 70.8 Å². The third kappa shape index (κ3) is 9.29. The van der Waals surface area contributed by atoms with Crippen LogP contribution in [0, 0.1) is 0 Å². The first-order valence-corrected chi connectivity index (χ1v) is 16.9. The maximum absolute atomic E-state index is 14.2. The van der Waals surface area contributed by atoms with E-state index in [9.17, 15) is 37.6 Å². The molecule has 0 bridgehead atoms. The van der Waals surface area contributed by atoms with Crippen molar-refractivity contribution in [3.63, 3.8) is 0 Å². The van der Waals surface area contributed by atoms with E-state index in [0.717, 1.165) is 61.8 Å². The molecule has 0 spiro atoms. The molecule has 3 aliphatic rings. The van der Waals surface area contributed by atoms with Crippen LogP contribution >= 0.6 is 0 Å². The van der Waals surface area contributed by atoms with E-state index >= 15 is 0 Å². The Morgan fingerprint density at radius 3 is 2.12 bits per heavy atom. The number of hydrogen-bond acceptors (Lipinski definition) is 7. The van der Waals surface area contributed by atoms with Crippen LogP contribution in [0.5, 0.6) is 0 Å². The third-order valence-electron chi connectivity index (χ3n) is 9.54. The number of hydrogen-bond donors (Lipinski definition) is 4. The van der Waals surface area contributed by atoms with Gasteiger partial charge >= 0.3 is 19.4 Å². The molecule has 4 atom stereocenters. The molecule has 3 heterocycles. The van der Waals surface area contributed by atoms with Crippen LogP contribution in [0.2, 0.25) is 0 Å². The molecular formula is C34H44BF3N4O6. The van der Waals surface area contributed by atoms with E-state index < -0.39 is 55.0 Å². The lowest BCUT2D eigenvalue weighted by Gasteiger charge is -2.30. The van der Waals surface area contributed by atoms with E-state index in [1.54, 1.807) is 4.90 Å². The predicted octanol–water partition coefficient (Wildman–Crippen LogP) is 4.31. The Labute approximate surface area is 279 Å². The molecule has 260 valence electrons. The summed E-state index contributed by atoms with van der Waals surface area (Å²) in [6, 6.07) is 10.7. The molecule has 10 nitrogen and oxygen atoms in total. The SMILES string of the molecule is O=C1N[C@@H](B(O)O)CCCCCCCCCC(NCc2ccc(C(F)(F)F)cc2)C(=O)N2C[C@H](OC(=O)N3Cc4ccccc4C3)C[C@@H]12. The fourth-order valence-electron chi connectivity index (χ4n) is 6.79. The van der Waals surface area contributed by atoms with Gasteiger partial charge in [0, 0.05) is 26.1 Å². The largest absolute Gasteiger partial charge is 0.475 e. The Morgan fingerprint density at radius 1 is 0.917 bits per heavy atom. The van der Waals surface area contributed by atoms with Crippen molar-refractivity contribution >= 4 is 25.0 Å². The summed E-state index contributed by atoms with van der Waals surface area (Å²) >= 11 is 0. The molecule has 2 saturated heterocycles. The average molecular weight is 673 g/mol. The molecule has 4 N–H and O–H groups in total. The van der Waals surface area contributed by atoms with Crippen LogP contribution < -0.4 is 10.6 Å². The van der Waals surface area contributed by atoms with Gasteiger partial charge in [-0.2, -0.15) is 13.2 Å². The van der Waals surface area contributed by atoms with Gasteiger partial charge in [0.2, 0.25) is 11.8 Å². The number of rotatable bonds is 5.